The highest BCUT2D eigenvalue weighted by molar-refractivity contribution is 6.54. The number of rotatable bonds is 4. The Morgan fingerprint density at radius 2 is 1.92 bits per heavy atom. The maximum Gasteiger partial charge on any atom is 0.239 e. The van der Waals surface area contributed by atoms with Crippen LogP contribution in [-0.2, 0) is 10.2 Å². The van der Waals surface area contributed by atoms with E-state index in [0.717, 1.165) is 5.56 Å². The molecule has 5 nitrogen and oxygen atoms in total. The Morgan fingerprint density at radius 1 is 1.19 bits per heavy atom. The van der Waals surface area contributed by atoms with Gasteiger partial charge < -0.3 is 5.32 Å². The van der Waals surface area contributed by atoms with Gasteiger partial charge in [0.15, 0.2) is 5.82 Å². The zero-order valence-corrected chi connectivity index (χ0v) is 14.9. The number of hydrogen-bond acceptors (Lipinski definition) is 3. The zero-order chi connectivity index (χ0) is 18.4. The molecule has 0 spiro atoms. The molecule has 0 aliphatic heterocycles. The quantitative estimate of drug-likeness (QED) is 0.543. The lowest BCUT2D eigenvalue weighted by atomic mass is 9.95. The van der Waals surface area contributed by atoms with Crippen LogP contribution in [0.3, 0.4) is 0 Å². The molecule has 1 amide bonds. The monoisotopic (exact) mass is 390 g/mol. The SMILES string of the molecule is O=C(Nc1ccn(-c2ccnc(F)c2)n1)[C@@]1(c2ccccc2)CC1(Cl)Cl. The topological polar surface area (TPSA) is 59.8 Å². The maximum atomic E-state index is 13.3. The van der Waals surface area contributed by atoms with Crippen molar-refractivity contribution < 1.29 is 9.18 Å². The highest BCUT2D eigenvalue weighted by atomic mass is 35.5. The first kappa shape index (κ1) is 17.0. The van der Waals surface area contributed by atoms with E-state index in [2.05, 4.69) is 15.4 Å². The third-order valence-corrected chi connectivity index (χ3v) is 5.36. The molecule has 1 aliphatic rings. The fraction of sp³-hybridized carbons (Fsp3) is 0.167. The maximum absolute atomic E-state index is 13.3. The van der Waals surface area contributed by atoms with Gasteiger partial charge in [-0.05, 0) is 11.6 Å². The number of carbonyl (C=O) groups is 1. The van der Waals surface area contributed by atoms with Crippen molar-refractivity contribution in [2.24, 2.45) is 0 Å². The van der Waals surface area contributed by atoms with Gasteiger partial charge in [0, 0.05) is 30.9 Å². The summed E-state index contributed by atoms with van der Waals surface area (Å²) < 4.78 is 13.5. The largest absolute Gasteiger partial charge is 0.308 e. The summed E-state index contributed by atoms with van der Waals surface area (Å²) in [5.41, 5.74) is 0.216. The second-order valence-corrected chi connectivity index (χ2v) is 7.57. The smallest absolute Gasteiger partial charge is 0.239 e. The van der Waals surface area contributed by atoms with E-state index in [-0.39, 0.29) is 5.91 Å². The van der Waals surface area contributed by atoms with Crippen molar-refractivity contribution >= 4 is 34.9 Å². The van der Waals surface area contributed by atoms with E-state index in [1.54, 1.807) is 18.3 Å². The Kier molecular flexibility index (Phi) is 3.97. The Bertz CT molecular complexity index is 976. The Hall–Kier alpha value is -2.44. The fourth-order valence-electron chi connectivity index (χ4n) is 2.99. The minimum Gasteiger partial charge on any atom is -0.308 e. The van der Waals surface area contributed by atoms with Crippen LogP contribution in [0.4, 0.5) is 10.2 Å². The van der Waals surface area contributed by atoms with Crippen LogP contribution in [0.15, 0.2) is 60.9 Å². The minimum atomic E-state index is -1.17. The number of pyridine rings is 1. The molecule has 1 fully saturated rings. The molecule has 1 aliphatic carbocycles. The summed E-state index contributed by atoms with van der Waals surface area (Å²) in [6, 6.07) is 13.6. The Balaban J connectivity index is 1.59. The molecule has 1 N–H and O–H groups in total. The van der Waals surface area contributed by atoms with Crippen LogP contribution in [0.2, 0.25) is 0 Å². The molecule has 0 unspecified atom stereocenters. The first-order valence-corrected chi connectivity index (χ1v) is 8.60. The van der Waals surface area contributed by atoms with Crippen LogP contribution in [0.5, 0.6) is 0 Å². The normalized spacial score (nSPS) is 20.6. The van der Waals surface area contributed by atoms with Crippen LogP contribution >= 0.6 is 23.2 Å². The third kappa shape index (κ3) is 2.75. The first-order chi connectivity index (χ1) is 12.4. The molecule has 0 bridgehead atoms. The molecule has 2 heterocycles. The predicted octanol–water partition coefficient (Wildman–Crippen LogP) is 3.86. The number of benzene rings is 1. The molecule has 3 aromatic rings. The number of hydrogen-bond donors (Lipinski definition) is 1. The molecule has 1 aromatic carbocycles. The van der Waals surface area contributed by atoms with Gasteiger partial charge in [-0.1, -0.05) is 30.3 Å². The lowest BCUT2D eigenvalue weighted by Gasteiger charge is -2.17. The fourth-order valence-corrected chi connectivity index (χ4v) is 3.79. The molecule has 0 radical (unpaired) electrons. The number of amides is 1. The summed E-state index contributed by atoms with van der Waals surface area (Å²) in [6.07, 6.45) is 3.27. The second-order valence-electron chi connectivity index (χ2n) is 6.09. The van der Waals surface area contributed by atoms with Gasteiger partial charge in [-0.3, -0.25) is 4.79 Å². The predicted molar refractivity (Wildman–Crippen MR) is 97.1 cm³/mol. The van der Waals surface area contributed by atoms with Crippen LogP contribution < -0.4 is 5.32 Å². The van der Waals surface area contributed by atoms with Gasteiger partial charge >= 0.3 is 0 Å². The molecule has 2 aromatic heterocycles. The van der Waals surface area contributed by atoms with Gasteiger partial charge in [0.25, 0.3) is 0 Å². The highest BCUT2D eigenvalue weighted by Gasteiger charge is 2.72. The summed E-state index contributed by atoms with van der Waals surface area (Å²) in [4.78, 5) is 16.4. The van der Waals surface area contributed by atoms with Crippen LogP contribution in [0.25, 0.3) is 5.69 Å². The number of halogens is 3. The summed E-state index contributed by atoms with van der Waals surface area (Å²) in [7, 11) is 0. The van der Waals surface area contributed by atoms with Gasteiger partial charge in [-0.15, -0.1) is 23.2 Å². The number of alkyl halides is 2. The molecule has 1 atom stereocenters. The highest BCUT2D eigenvalue weighted by Crippen LogP contribution is 2.65. The molecule has 8 heteroatoms. The van der Waals surface area contributed by atoms with E-state index in [4.69, 9.17) is 23.2 Å². The van der Waals surface area contributed by atoms with Gasteiger partial charge in [0.1, 0.15) is 9.75 Å². The Labute approximate surface area is 158 Å². The van der Waals surface area contributed by atoms with Gasteiger partial charge in [-0.2, -0.15) is 9.49 Å². The molecule has 0 saturated heterocycles. The average molecular weight is 391 g/mol. The second kappa shape index (κ2) is 6.07. The molecular weight excluding hydrogens is 378 g/mol. The van der Waals surface area contributed by atoms with Gasteiger partial charge in [0.2, 0.25) is 11.9 Å². The minimum absolute atomic E-state index is 0.315. The molecular formula is C18H13Cl2FN4O. The van der Waals surface area contributed by atoms with E-state index in [0.29, 0.717) is 17.9 Å². The summed E-state index contributed by atoms with van der Waals surface area (Å²) >= 11 is 12.6. The standard InChI is InChI=1S/C18H13Cl2FN4O/c19-18(20)11-17(18,12-4-2-1-3-5-12)16(26)23-15-7-9-25(24-15)13-6-8-22-14(21)10-13/h1-10H,11H2,(H,23,24,26)/t17-/m0/s1. The number of aromatic nitrogens is 3. The first-order valence-electron chi connectivity index (χ1n) is 7.85. The molecule has 4 rings (SSSR count). The number of nitrogens with zero attached hydrogens (tertiary/aromatic N) is 3. The van der Waals surface area contributed by atoms with E-state index in [1.165, 1.54) is 16.9 Å². The Morgan fingerprint density at radius 3 is 2.58 bits per heavy atom. The van der Waals surface area contributed by atoms with Crippen molar-refractivity contribution in [3.63, 3.8) is 0 Å². The number of nitrogens with one attached hydrogen (secondary N) is 1. The van der Waals surface area contributed by atoms with Crippen molar-refractivity contribution in [1.29, 1.82) is 0 Å². The van der Waals surface area contributed by atoms with Crippen molar-refractivity contribution in [1.82, 2.24) is 14.8 Å². The van der Waals surface area contributed by atoms with Gasteiger partial charge in [0.05, 0.1) is 5.69 Å². The van der Waals surface area contributed by atoms with E-state index in [9.17, 15) is 9.18 Å². The van der Waals surface area contributed by atoms with E-state index < -0.39 is 15.7 Å². The zero-order valence-electron chi connectivity index (χ0n) is 13.4. The molecule has 26 heavy (non-hydrogen) atoms. The lowest BCUT2D eigenvalue weighted by Crippen LogP contribution is -2.32. The number of anilines is 1. The van der Waals surface area contributed by atoms with Gasteiger partial charge in [-0.25, -0.2) is 9.67 Å². The van der Waals surface area contributed by atoms with Crippen molar-refractivity contribution in [2.75, 3.05) is 5.32 Å². The third-order valence-electron chi connectivity index (χ3n) is 4.45. The summed E-state index contributed by atoms with van der Waals surface area (Å²) in [5, 5.41) is 7.00. The summed E-state index contributed by atoms with van der Waals surface area (Å²) in [6.45, 7) is 0. The van der Waals surface area contributed by atoms with Crippen molar-refractivity contribution in [3.05, 3.63) is 72.4 Å². The van der Waals surface area contributed by atoms with Crippen LogP contribution in [0.1, 0.15) is 12.0 Å². The number of carbonyl (C=O) groups excluding carboxylic acids is 1. The van der Waals surface area contributed by atoms with Crippen molar-refractivity contribution in [3.8, 4) is 5.69 Å². The lowest BCUT2D eigenvalue weighted by molar-refractivity contribution is -0.118. The van der Waals surface area contributed by atoms with E-state index in [1.807, 2.05) is 30.3 Å². The molecule has 132 valence electrons. The molecule has 1 saturated carbocycles. The van der Waals surface area contributed by atoms with E-state index >= 15 is 0 Å². The summed E-state index contributed by atoms with van der Waals surface area (Å²) in [5.74, 6) is -0.628. The van der Waals surface area contributed by atoms with Crippen LogP contribution in [-0.4, -0.2) is 25.0 Å². The average Bonchev–Trinajstić information content (AvgIpc) is 2.98. The van der Waals surface area contributed by atoms with Crippen LogP contribution in [0, 0.1) is 5.95 Å². The van der Waals surface area contributed by atoms with Crippen molar-refractivity contribution in [2.45, 2.75) is 16.2 Å².